The van der Waals surface area contributed by atoms with Gasteiger partial charge in [-0.1, -0.05) is 0 Å². The molecule has 17 heavy (non-hydrogen) atoms. The van der Waals surface area contributed by atoms with Gasteiger partial charge in [-0.15, -0.1) is 0 Å². The molecule has 1 aromatic rings. The largest absolute Gasteiger partial charge is 0.397 e. The van der Waals surface area contributed by atoms with E-state index in [1.165, 1.54) is 6.07 Å². The average molecular weight is 351 g/mol. The number of carbonyl (C=O) groups is 1. The fraction of sp³-hybridized carbons (Fsp3) is 0.364. The molecule has 4 nitrogen and oxygen atoms in total. The van der Waals surface area contributed by atoms with Gasteiger partial charge < -0.3 is 16.0 Å². The lowest BCUT2D eigenvalue weighted by atomic mass is 10.2. The monoisotopic (exact) mass is 351 g/mol. The van der Waals surface area contributed by atoms with Crippen LogP contribution in [0.1, 0.15) is 6.42 Å². The van der Waals surface area contributed by atoms with Gasteiger partial charge in [-0.3, -0.25) is 4.79 Å². The first-order valence-corrected chi connectivity index (χ1v) is 6.19. The van der Waals surface area contributed by atoms with Crippen LogP contribution in [-0.4, -0.2) is 26.5 Å². The number of amides is 1. The van der Waals surface area contributed by atoms with Crippen LogP contribution in [0.15, 0.2) is 12.1 Å². The van der Waals surface area contributed by atoms with Gasteiger partial charge in [0, 0.05) is 33.1 Å². The molecule has 0 atom stereocenters. The molecule has 3 N–H and O–H groups in total. The van der Waals surface area contributed by atoms with Crippen molar-refractivity contribution >= 4 is 39.9 Å². The molecule has 0 saturated heterocycles. The van der Waals surface area contributed by atoms with Crippen LogP contribution in [-0.2, 0) is 4.79 Å². The Morgan fingerprint density at radius 1 is 1.59 bits per heavy atom. The first kappa shape index (κ1) is 14.0. The number of carbonyl (C=O) groups excluding carboxylic acids is 1. The third-order valence-electron chi connectivity index (χ3n) is 2.43. The number of hydrogen-bond acceptors (Lipinski definition) is 3. The van der Waals surface area contributed by atoms with Gasteiger partial charge >= 0.3 is 0 Å². The molecule has 0 aliphatic carbocycles. The van der Waals surface area contributed by atoms with Crippen LogP contribution in [0.5, 0.6) is 0 Å². The maximum atomic E-state index is 13.4. The highest BCUT2D eigenvalue weighted by Crippen LogP contribution is 2.26. The summed E-state index contributed by atoms with van der Waals surface area (Å²) in [6.45, 7) is 0.490. The number of nitrogens with two attached hydrogens (primary N) is 1. The van der Waals surface area contributed by atoms with E-state index in [4.69, 9.17) is 5.73 Å². The Labute approximate surface area is 113 Å². The SMILES string of the molecule is CNC(=O)CCN(C)c1cc(F)c(I)cc1N. The van der Waals surface area contributed by atoms with Crippen LogP contribution in [0.3, 0.4) is 0 Å². The molecule has 0 radical (unpaired) electrons. The number of nitrogens with one attached hydrogen (secondary N) is 1. The molecule has 94 valence electrons. The summed E-state index contributed by atoms with van der Waals surface area (Å²) in [7, 11) is 3.36. The van der Waals surface area contributed by atoms with E-state index in [1.807, 2.05) is 22.6 Å². The van der Waals surface area contributed by atoms with Crippen molar-refractivity contribution in [2.45, 2.75) is 6.42 Å². The summed E-state index contributed by atoms with van der Waals surface area (Å²) in [5.41, 5.74) is 6.93. The maximum Gasteiger partial charge on any atom is 0.221 e. The first-order chi connectivity index (χ1) is 7.95. The summed E-state index contributed by atoms with van der Waals surface area (Å²) in [5.74, 6) is -0.358. The zero-order valence-corrected chi connectivity index (χ0v) is 11.9. The number of halogens is 2. The van der Waals surface area contributed by atoms with E-state index in [9.17, 15) is 9.18 Å². The number of hydrogen-bond donors (Lipinski definition) is 2. The van der Waals surface area contributed by atoms with Gasteiger partial charge in [0.25, 0.3) is 0 Å². The van der Waals surface area contributed by atoms with Crippen molar-refractivity contribution in [2.75, 3.05) is 31.3 Å². The molecular weight excluding hydrogens is 336 g/mol. The van der Waals surface area contributed by atoms with Gasteiger partial charge in [0.1, 0.15) is 5.82 Å². The van der Waals surface area contributed by atoms with Crippen LogP contribution in [0.2, 0.25) is 0 Å². The minimum atomic E-state index is -0.304. The van der Waals surface area contributed by atoms with E-state index in [2.05, 4.69) is 5.32 Å². The molecule has 0 aromatic heterocycles. The van der Waals surface area contributed by atoms with Crippen LogP contribution >= 0.6 is 22.6 Å². The van der Waals surface area contributed by atoms with E-state index in [1.54, 1.807) is 25.1 Å². The zero-order chi connectivity index (χ0) is 13.0. The minimum Gasteiger partial charge on any atom is -0.397 e. The Morgan fingerprint density at radius 2 is 2.24 bits per heavy atom. The number of anilines is 2. The zero-order valence-electron chi connectivity index (χ0n) is 9.76. The van der Waals surface area contributed by atoms with Crippen LogP contribution in [0.4, 0.5) is 15.8 Å². The second-order valence-electron chi connectivity index (χ2n) is 3.67. The molecule has 1 rings (SSSR count). The van der Waals surface area contributed by atoms with Gasteiger partial charge in [0.2, 0.25) is 5.91 Å². The van der Waals surface area contributed by atoms with Crippen molar-refractivity contribution in [3.05, 3.63) is 21.5 Å². The van der Waals surface area contributed by atoms with Crippen LogP contribution < -0.4 is 16.0 Å². The predicted molar refractivity (Wildman–Crippen MR) is 75.5 cm³/mol. The van der Waals surface area contributed by atoms with Crippen molar-refractivity contribution in [3.8, 4) is 0 Å². The van der Waals surface area contributed by atoms with Gasteiger partial charge in [0.05, 0.1) is 14.9 Å². The van der Waals surface area contributed by atoms with Gasteiger partial charge in [-0.25, -0.2) is 4.39 Å². The highest BCUT2D eigenvalue weighted by atomic mass is 127. The lowest BCUT2D eigenvalue weighted by molar-refractivity contribution is -0.120. The number of benzene rings is 1. The van der Waals surface area contributed by atoms with E-state index in [0.717, 1.165) is 0 Å². The molecular formula is C11H15FIN3O. The van der Waals surface area contributed by atoms with Crippen molar-refractivity contribution < 1.29 is 9.18 Å². The van der Waals surface area contributed by atoms with Crippen molar-refractivity contribution in [2.24, 2.45) is 0 Å². The highest BCUT2D eigenvalue weighted by molar-refractivity contribution is 14.1. The lowest BCUT2D eigenvalue weighted by Crippen LogP contribution is -2.26. The Morgan fingerprint density at radius 3 is 2.82 bits per heavy atom. The Balaban J connectivity index is 2.78. The summed E-state index contributed by atoms with van der Waals surface area (Å²) in [6, 6.07) is 2.97. The Kier molecular flexibility index (Phi) is 4.98. The molecule has 6 heteroatoms. The number of nitrogen functional groups attached to an aromatic ring is 1. The predicted octanol–water partition coefficient (Wildman–Crippen LogP) is 1.58. The molecule has 0 spiro atoms. The topological polar surface area (TPSA) is 58.4 Å². The molecule has 1 amide bonds. The summed E-state index contributed by atoms with van der Waals surface area (Å²) < 4.78 is 13.9. The van der Waals surface area contributed by atoms with Gasteiger partial charge in [-0.05, 0) is 28.7 Å². The smallest absolute Gasteiger partial charge is 0.221 e. The fourth-order valence-corrected chi connectivity index (χ4v) is 1.89. The van der Waals surface area contributed by atoms with Crippen molar-refractivity contribution in [1.29, 1.82) is 0 Å². The molecule has 0 bridgehead atoms. The van der Waals surface area contributed by atoms with Crippen molar-refractivity contribution in [3.63, 3.8) is 0 Å². The third-order valence-corrected chi connectivity index (χ3v) is 3.26. The van der Waals surface area contributed by atoms with Crippen LogP contribution in [0, 0.1) is 9.39 Å². The second kappa shape index (κ2) is 6.04. The third kappa shape index (κ3) is 3.72. The molecule has 1 aromatic carbocycles. The average Bonchev–Trinajstić information content (AvgIpc) is 2.30. The first-order valence-electron chi connectivity index (χ1n) is 5.12. The summed E-state index contributed by atoms with van der Waals surface area (Å²) in [5, 5.41) is 2.53. The fourth-order valence-electron chi connectivity index (χ4n) is 1.40. The summed E-state index contributed by atoms with van der Waals surface area (Å²) in [6.07, 6.45) is 0.347. The quantitative estimate of drug-likeness (QED) is 0.640. The normalized spacial score (nSPS) is 10.1. The molecule has 0 fully saturated rings. The van der Waals surface area contributed by atoms with E-state index in [-0.39, 0.29) is 11.7 Å². The highest BCUT2D eigenvalue weighted by Gasteiger charge is 2.10. The summed E-state index contributed by atoms with van der Waals surface area (Å²) >= 11 is 1.89. The van der Waals surface area contributed by atoms with E-state index < -0.39 is 0 Å². The lowest BCUT2D eigenvalue weighted by Gasteiger charge is -2.21. The molecule has 0 aliphatic heterocycles. The molecule has 0 aliphatic rings. The molecule has 0 saturated carbocycles. The number of nitrogens with zero attached hydrogens (tertiary/aromatic N) is 1. The summed E-state index contributed by atoms with van der Waals surface area (Å²) in [4.78, 5) is 12.9. The minimum absolute atomic E-state index is 0.0543. The Bertz CT molecular complexity index is 425. The van der Waals surface area contributed by atoms with E-state index >= 15 is 0 Å². The van der Waals surface area contributed by atoms with Crippen LogP contribution in [0.25, 0.3) is 0 Å². The van der Waals surface area contributed by atoms with Crippen molar-refractivity contribution in [1.82, 2.24) is 5.32 Å². The standard InChI is InChI=1S/C11H15FIN3O/c1-15-11(17)3-4-16(2)10-5-7(12)8(13)6-9(10)14/h5-6H,3-4,14H2,1-2H3,(H,15,17). The molecule has 0 heterocycles. The Hall–Kier alpha value is -1.05. The maximum absolute atomic E-state index is 13.4. The number of rotatable bonds is 4. The van der Waals surface area contributed by atoms with Gasteiger partial charge in [0.15, 0.2) is 0 Å². The molecule has 0 unspecified atom stereocenters. The second-order valence-corrected chi connectivity index (χ2v) is 4.83. The van der Waals surface area contributed by atoms with Gasteiger partial charge in [-0.2, -0.15) is 0 Å². The van der Waals surface area contributed by atoms with E-state index in [0.29, 0.717) is 27.9 Å².